The van der Waals surface area contributed by atoms with Gasteiger partial charge in [-0.3, -0.25) is 9.88 Å². The fourth-order valence-electron chi connectivity index (χ4n) is 3.26. The Balaban J connectivity index is 1.73. The molecule has 5 heteroatoms. The van der Waals surface area contributed by atoms with Crippen LogP contribution < -0.4 is 0 Å². The highest BCUT2D eigenvalue weighted by Crippen LogP contribution is 2.26. The lowest BCUT2D eigenvalue weighted by Crippen LogP contribution is -2.23. The Labute approximate surface area is 144 Å². The number of sulfone groups is 1. The van der Waals surface area contributed by atoms with Gasteiger partial charge in [0.15, 0.2) is 9.84 Å². The Morgan fingerprint density at radius 3 is 2.29 bits per heavy atom. The zero-order valence-electron chi connectivity index (χ0n) is 14.3. The lowest BCUT2D eigenvalue weighted by Gasteiger charge is -2.24. The molecule has 1 saturated heterocycles. The van der Waals surface area contributed by atoms with Crippen molar-refractivity contribution in [1.29, 1.82) is 0 Å². The van der Waals surface area contributed by atoms with Crippen molar-refractivity contribution in [3.05, 3.63) is 53.7 Å². The van der Waals surface area contributed by atoms with Gasteiger partial charge >= 0.3 is 0 Å². The van der Waals surface area contributed by atoms with Crippen molar-refractivity contribution in [2.45, 2.75) is 31.6 Å². The summed E-state index contributed by atoms with van der Waals surface area (Å²) in [5.74, 6) is 0.0343. The molecule has 0 unspecified atom stereocenters. The molecule has 1 aliphatic heterocycles. The van der Waals surface area contributed by atoms with Crippen LogP contribution in [0.1, 0.15) is 36.9 Å². The SMILES string of the molecule is C[C@H](c1ccc(-c2ccc(CS(C)(=O)=O)cn2)cc1)N1CCCC1. The number of rotatable bonds is 5. The molecule has 3 rings (SSSR count). The molecule has 0 saturated carbocycles. The van der Waals surface area contributed by atoms with Crippen molar-refractivity contribution in [1.82, 2.24) is 9.88 Å². The molecule has 0 aliphatic carbocycles. The number of hydrogen-bond donors (Lipinski definition) is 0. The van der Waals surface area contributed by atoms with E-state index in [0.29, 0.717) is 6.04 Å². The molecule has 0 N–H and O–H groups in total. The maximum absolute atomic E-state index is 11.3. The van der Waals surface area contributed by atoms with Gasteiger partial charge in [-0.25, -0.2) is 8.42 Å². The van der Waals surface area contributed by atoms with Crippen LogP contribution in [0.25, 0.3) is 11.3 Å². The normalized spacial score (nSPS) is 17.1. The van der Waals surface area contributed by atoms with E-state index in [2.05, 4.69) is 41.1 Å². The summed E-state index contributed by atoms with van der Waals surface area (Å²) in [6.45, 7) is 4.64. The molecule has 1 aromatic carbocycles. The van der Waals surface area contributed by atoms with E-state index in [4.69, 9.17) is 0 Å². The highest BCUT2D eigenvalue weighted by molar-refractivity contribution is 7.89. The van der Waals surface area contributed by atoms with Crippen LogP contribution in [0.4, 0.5) is 0 Å². The molecule has 1 aromatic heterocycles. The number of nitrogens with zero attached hydrogens (tertiary/aromatic N) is 2. The molecule has 2 aromatic rings. The molecule has 128 valence electrons. The number of pyridine rings is 1. The van der Waals surface area contributed by atoms with E-state index in [1.165, 1.54) is 37.8 Å². The van der Waals surface area contributed by atoms with Gasteiger partial charge in [-0.1, -0.05) is 30.3 Å². The Hall–Kier alpha value is -1.72. The van der Waals surface area contributed by atoms with Crippen LogP contribution in [0.15, 0.2) is 42.6 Å². The molecule has 1 fully saturated rings. The van der Waals surface area contributed by atoms with Gasteiger partial charge in [0, 0.05) is 24.1 Å². The minimum absolute atomic E-state index is 0.0343. The third kappa shape index (κ3) is 4.22. The molecular weight excluding hydrogens is 320 g/mol. The van der Waals surface area contributed by atoms with E-state index in [0.717, 1.165) is 16.8 Å². The van der Waals surface area contributed by atoms with E-state index in [-0.39, 0.29) is 5.75 Å². The molecule has 0 spiro atoms. The van der Waals surface area contributed by atoms with Crippen molar-refractivity contribution in [3.8, 4) is 11.3 Å². The van der Waals surface area contributed by atoms with Crippen LogP contribution in [-0.4, -0.2) is 37.6 Å². The summed E-state index contributed by atoms with van der Waals surface area (Å²) < 4.78 is 22.7. The minimum atomic E-state index is -3.02. The van der Waals surface area contributed by atoms with Crippen LogP contribution >= 0.6 is 0 Å². The average Bonchev–Trinajstić information content (AvgIpc) is 3.08. The van der Waals surface area contributed by atoms with E-state index in [1.807, 2.05) is 12.1 Å². The predicted octanol–water partition coefficient (Wildman–Crippen LogP) is 3.45. The van der Waals surface area contributed by atoms with Crippen LogP contribution in [0.3, 0.4) is 0 Å². The fourth-order valence-corrected chi connectivity index (χ4v) is 4.03. The number of aromatic nitrogens is 1. The Morgan fingerprint density at radius 2 is 1.75 bits per heavy atom. The third-order valence-electron chi connectivity index (χ3n) is 4.63. The maximum Gasteiger partial charge on any atom is 0.151 e. The van der Waals surface area contributed by atoms with Crippen LogP contribution in [0.2, 0.25) is 0 Å². The van der Waals surface area contributed by atoms with Gasteiger partial charge in [0.25, 0.3) is 0 Å². The highest BCUT2D eigenvalue weighted by atomic mass is 32.2. The lowest BCUT2D eigenvalue weighted by molar-refractivity contribution is 0.263. The molecule has 0 amide bonds. The summed E-state index contributed by atoms with van der Waals surface area (Å²) >= 11 is 0. The summed E-state index contributed by atoms with van der Waals surface area (Å²) in [7, 11) is -3.02. The van der Waals surface area contributed by atoms with Gasteiger partial charge in [0.05, 0.1) is 11.4 Å². The second kappa shape index (κ2) is 7.03. The summed E-state index contributed by atoms with van der Waals surface area (Å²) in [6.07, 6.45) is 5.48. The molecule has 1 atom stereocenters. The topological polar surface area (TPSA) is 50.3 Å². The van der Waals surface area contributed by atoms with E-state index in [1.54, 1.807) is 6.20 Å². The maximum atomic E-state index is 11.3. The van der Waals surface area contributed by atoms with Crippen LogP contribution in [-0.2, 0) is 15.6 Å². The zero-order chi connectivity index (χ0) is 17.2. The summed E-state index contributed by atoms with van der Waals surface area (Å²) in [4.78, 5) is 6.93. The first kappa shape index (κ1) is 17.1. The molecule has 0 radical (unpaired) electrons. The zero-order valence-corrected chi connectivity index (χ0v) is 15.1. The lowest BCUT2D eigenvalue weighted by atomic mass is 10.0. The third-order valence-corrected chi connectivity index (χ3v) is 5.49. The summed E-state index contributed by atoms with van der Waals surface area (Å²) in [5.41, 5.74) is 3.97. The monoisotopic (exact) mass is 344 g/mol. The minimum Gasteiger partial charge on any atom is -0.297 e. The van der Waals surface area contributed by atoms with Crippen LogP contribution in [0.5, 0.6) is 0 Å². The van der Waals surface area contributed by atoms with Gasteiger partial charge in [-0.05, 0) is 50.0 Å². The summed E-state index contributed by atoms with van der Waals surface area (Å²) in [6, 6.07) is 12.7. The van der Waals surface area contributed by atoms with E-state index < -0.39 is 9.84 Å². The van der Waals surface area contributed by atoms with Gasteiger partial charge in [-0.2, -0.15) is 0 Å². The van der Waals surface area contributed by atoms with Crippen molar-refractivity contribution >= 4 is 9.84 Å². The number of benzene rings is 1. The van der Waals surface area contributed by atoms with E-state index in [9.17, 15) is 8.42 Å². The fraction of sp³-hybridized carbons (Fsp3) is 0.421. The molecule has 4 nitrogen and oxygen atoms in total. The summed E-state index contributed by atoms with van der Waals surface area (Å²) in [5, 5.41) is 0. The molecule has 0 bridgehead atoms. The van der Waals surface area contributed by atoms with Gasteiger partial charge in [0.1, 0.15) is 0 Å². The highest BCUT2D eigenvalue weighted by Gasteiger charge is 2.19. The number of hydrogen-bond acceptors (Lipinski definition) is 4. The standard InChI is InChI=1S/C19H24N2O2S/c1-15(21-11-3-4-12-21)17-6-8-18(9-7-17)19-10-5-16(13-20-19)14-24(2,22)23/h5-10,13,15H,3-4,11-12,14H2,1-2H3/t15-/m1/s1. The number of likely N-dealkylation sites (tertiary alicyclic amines) is 1. The van der Waals surface area contributed by atoms with Crippen molar-refractivity contribution < 1.29 is 8.42 Å². The van der Waals surface area contributed by atoms with Gasteiger partial charge in [-0.15, -0.1) is 0 Å². The predicted molar refractivity (Wildman–Crippen MR) is 97.4 cm³/mol. The van der Waals surface area contributed by atoms with Crippen LogP contribution in [0, 0.1) is 0 Å². The van der Waals surface area contributed by atoms with Gasteiger partial charge < -0.3 is 0 Å². The first-order chi connectivity index (χ1) is 11.4. The van der Waals surface area contributed by atoms with Crippen molar-refractivity contribution in [2.75, 3.05) is 19.3 Å². The van der Waals surface area contributed by atoms with Crippen molar-refractivity contribution in [3.63, 3.8) is 0 Å². The van der Waals surface area contributed by atoms with Gasteiger partial charge in [0.2, 0.25) is 0 Å². The molecule has 24 heavy (non-hydrogen) atoms. The largest absolute Gasteiger partial charge is 0.297 e. The Kier molecular flexibility index (Phi) is 5.01. The second-order valence-corrected chi connectivity index (χ2v) is 8.80. The van der Waals surface area contributed by atoms with Crippen molar-refractivity contribution in [2.24, 2.45) is 0 Å². The Morgan fingerprint density at radius 1 is 1.08 bits per heavy atom. The second-order valence-electron chi connectivity index (χ2n) is 6.66. The van der Waals surface area contributed by atoms with E-state index >= 15 is 0 Å². The average molecular weight is 344 g/mol. The molecule has 1 aliphatic rings. The quantitative estimate of drug-likeness (QED) is 0.833. The smallest absolute Gasteiger partial charge is 0.151 e. The molecular formula is C19H24N2O2S. The first-order valence-electron chi connectivity index (χ1n) is 8.39. The Bertz CT molecular complexity index is 777. The molecule has 2 heterocycles. The first-order valence-corrected chi connectivity index (χ1v) is 10.5.